The molecule has 0 saturated carbocycles. The molecule has 1 aliphatic rings. The van der Waals surface area contributed by atoms with Crippen molar-refractivity contribution in [3.05, 3.63) is 59.2 Å². The maximum atomic E-state index is 13.0. The Labute approximate surface area is 179 Å². The number of nitrogens with zero attached hydrogens (tertiary/aromatic N) is 1. The van der Waals surface area contributed by atoms with Crippen molar-refractivity contribution < 1.29 is 14.5 Å². The van der Waals surface area contributed by atoms with Crippen molar-refractivity contribution in [2.24, 2.45) is 0 Å². The molecule has 0 aromatic heterocycles. The fourth-order valence-corrected chi connectivity index (χ4v) is 3.68. The Morgan fingerprint density at radius 1 is 1.00 bits per heavy atom. The van der Waals surface area contributed by atoms with Gasteiger partial charge in [0.15, 0.2) is 0 Å². The molecule has 1 heterocycles. The van der Waals surface area contributed by atoms with Crippen LogP contribution < -0.4 is 20.4 Å². The molecule has 160 valence electrons. The third kappa shape index (κ3) is 5.83. The summed E-state index contributed by atoms with van der Waals surface area (Å²) in [7, 11) is 4.21. The monoisotopic (exact) mass is 409 g/mol. The van der Waals surface area contributed by atoms with Crippen LogP contribution in [-0.4, -0.2) is 52.1 Å². The maximum Gasteiger partial charge on any atom is 0.255 e. The third-order valence-electron chi connectivity index (χ3n) is 5.40. The van der Waals surface area contributed by atoms with E-state index < -0.39 is 0 Å². The molecule has 1 aliphatic heterocycles. The fraction of sp³-hybridized carbons (Fsp3) is 0.417. The van der Waals surface area contributed by atoms with E-state index in [2.05, 4.69) is 29.6 Å². The summed E-state index contributed by atoms with van der Waals surface area (Å²) in [6.45, 7) is 5.55. The Balaban J connectivity index is 1.76. The Hall–Kier alpha value is -2.86. The number of aryl methyl sites for hydroxylation is 1. The first kappa shape index (κ1) is 21.8. The summed E-state index contributed by atoms with van der Waals surface area (Å²) in [4.78, 5) is 29.2. The molecule has 30 heavy (non-hydrogen) atoms. The molecule has 0 spiro atoms. The zero-order valence-electron chi connectivity index (χ0n) is 18.3. The lowest BCUT2D eigenvalue weighted by molar-refractivity contribution is -0.858. The highest BCUT2D eigenvalue weighted by Crippen LogP contribution is 2.28. The molecule has 2 amide bonds. The van der Waals surface area contributed by atoms with Crippen molar-refractivity contribution in [2.45, 2.75) is 26.2 Å². The fourth-order valence-electron chi connectivity index (χ4n) is 3.68. The SMILES string of the molecule is Cc1ccc(C(=O)Nc2ccc(N3CCCC3)c(C(=O)NCCC[NH+](C)C)c2)cc1. The van der Waals surface area contributed by atoms with Gasteiger partial charge in [0.2, 0.25) is 0 Å². The van der Waals surface area contributed by atoms with Gasteiger partial charge in [-0.25, -0.2) is 0 Å². The van der Waals surface area contributed by atoms with Gasteiger partial charge in [0.25, 0.3) is 11.8 Å². The van der Waals surface area contributed by atoms with E-state index in [1.54, 1.807) is 6.07 Å². The highest BCUT2D eigenvalue weighted by Gasteiger charge is 2.20. The molecule has 0 aliphatic carbocycles. The number of amides is 2. The summed E-state index contributed by atoms with van der Waals surface area (Å²) in [5, 5.41) is 5.98. The van der Waals surface area contributed by atoms with Crippen LogP contribution in [0.25, 0.3) is 0 Å². The normalized spacial score (nSPS) is 13.5. The van der Waals surface area contributed by atoms with Gasteiger partial charge >= 0.3 is 0 Å². The number of hydrogen-bond acceptors (Lipinski definition) is 3. The largest absolute Gasteiger partial charge is 0.371 e. The minimum atomic E-state index is -0.177. The highest BCUT2D eigenvalue weighted by molar-refractivity contribution is 6.06. The summed E-state index contributed by atoms with van der Waals surface area (Å²) >= 11 is 0. The molecule has 6 heteroatoms. The first-order valence-corrected chi connectivity index (χ1v) is 10.8. The van der Waals surface area contributed by atoms with E-state index in [1.165, 1.54) is 4.90 Å². The van der Waals surface area contributed by atoms with Crippen LogP contribution in [-0.2, 0) is 0 Å². The number of carbonyl (C=O) groups excluding carboxylic acids is 2. The van der Waals surface area contributed by atoms with Gasteiger partial charge in [-0.1, -0.05) is 17.7 Å². The van der Waals surface area contributed by atoms with Gasteiger partial charge in [0.05, 0.1) is 26.2 Å². The first-order chi connectivity index (χ1) is 14.4. The summed E-state index contributed by atoms with van der Waals surface area (Å²) in [6, 6.07) is 13.1. The quantitative estimate of drug-likeness (QED) is 0.585. The van der Waals surface area contributed by atoms with Gasteiger partial charge in [-0.2, -0.15) is 0 Å². The van der Waals surface area contributed by atoms with Gasteiger partial charge in [-0.15, -0.1) is 0 Å². The van der Waals surface area contributed by atoms with Crippen LogP contribution in [0.15, 0.2) is 42.5 Å². The second kappa shape index (κ2) is 10.3. The lowest BCUT2D eigenvalue weighted by Crippen LogP contribution is -3.05. The standard InChI is InChI=1S/C24H32N4O2/c1-18-7-9-19(10-8-18)23(29)26-20-11-12-22(28-15-4-5-16-28)21(17-20)24(30)25-13-6-14-27(2)3/h7-12,17H,4-6,13-16H2,1-3H3,(H,25,30)(H,26,29)/p+1. The summed E-state index contributed by atoms with van der Waals surface area (Å²) in [5.41, 5.74) is 3.90. The number of benzene rings is 2. The Morgan fingerprint density at radius 2 is 1.70 bits per heavy atom. The number of carbonyl (C=O) groups is 2. The van der Waals surface area contributed by atoms with E-state index in [-0.39, 0.29) is 11.8 Å². The minimum absolute atomic E-state index is 0.0860. The van der Waals surface area contributed by atoms with Crippen molar-refractivity contribution in [1.29, 1.82) is 0 Å². The van der Waals surface area contributed by atoms with E-state index in [4.69, 9.17) is 0 Å². The van der Waals surface area contributed by atoms with Crippen LogP contribution in [0.2, 0.25) is 0 Å². The number of nitrogens with one attached hydrogen (secondary N) is 3. The number of anilines is 2. The minimum Gasteiger partial charge on any atom is -0.371 e. The maximum absolute atomic E-state index is 13.0. The molecule has 0 atom stereocenters. The number of rotatable bonds is 8. The molecule has 0 radical (unpaired) electrons. The third-order valence-corrected chi connectivity index (χ3v) is 5.40. The molecular formula is C24H33N4O2+. The second-order valence-corrected chi connectivity index (χ2v) is 8.31. The van der Waals surface area contributed by atoms with Crippen LogP contribution in [0.3, 0.4) is 0 Å². The molecule has 6 nitrogen and oxygen atoms in total. The average Bonchev–Trinajstić information content (AvgIpc) is 3.26. The van der Waals surface area contributed by atoms with Crippen molar-refractivity contribution in [1.82, 2.24) is 5.32 Å². The van der Waals surface area contributed by atoms with Gasteiger partial charge in [0, 0.05) is 43.0 Å². The van der Waals surface area contributed by atoms with Crippen molar-refractivity contribution in [2.75, 3.05) is 50.5 Å². The average molecular weight is 410 g/mol. The van der Waals surface area contributed by atoms with Crippen molar-refractivity contribution in [3.8, 4) is 0 Å². The second-order valence-electron chi connectivity index (χ2n) is 8.31. The Kier molecular flexibility index (Phi) is 7.46. The summed E-state index contributed by atoms with van der Waals surface area (Å²) in [5.74, 6) is -0.263. The molecule has 3 N–H and O–H groups in total. The van der Waals surface area contributed by atoms with Crippen LogP contribution in [0.4, 0.5) is 11.4 Å². The van der Waals surface area contributed by atoms with E-state index in [0.717, 1.165) is 50.1 Å². The predicted molar refractivity (Wildman–Crippen MR) is 122 cm³/mol. The van der Waals surface area contributed by atoms with E-state index in [0.29, 0.717) is 23.4 Å². The van der Waals surface area contributed by atoms with Gasteiger partial charge in [-0.05, 0) is 50.1 Å². The lowest BCUT2D eigenvalue weighted by Gasteiger charge is -2.22. The molecule has 0 bridgehead atoms. The van der Waals surface area contributed by atoms with Crippen LogP contribution in [0.5, 0.6) is 0 Å². The van der Waals surface area contributed by atoms with Crippen LogP contribution in [0, 0.1) is 6.92 Å². The van der Waals surface area contributed by atoms with Crippen molar-refractivity contribution >= 4 is 23.2 Å². The molecule has 3 rings (SSSR count). The Morgan fingerprint density at radius 3 is 2.37 bits per heavy atom. The lowest BCUT2D eigenvalue weighted by atomic mass is 10.1. The molecular weight excluding hydrogens is 376 g/mol. The summed E-state index contributed by atoms with van der Waals surface area (Å²) in [6.07, 6.45) is 3.20. The predicted octanol–water partition coefficient (Wildman–Crippen LogP) is 2.11. The smallest absolute Gasteiger partial charge is 0.255 e. The zero-order chi connectivity index (χ0) is 21.5. The van der Waals surface area contributed by atoms with Gasteiger partial charge in [-0.3, -0.25) is 9.59 Å². The topological polar surface area (TPSA) is 65.9 Å². The van der Waals surface area contributed by atoms with Gasteiger partial charge < -0.3 is 20.4 Å². The van der Waals surface area contributed by atoms with Crippen LogP contribution >= 0.6 is 0 Å². The highest BCUT2D eigenvalue weighted by atomic mass is 16.2. The zero-order valence-corrected chi connectivity index (χ0v) is 18.3. The van der Waals surface area contributed by atoms with E-state index in [1.807, 2.05) is 43.3 Å². The van der Waals surface area contributed by atoms with E-state index >= 15 is 0 Å². The number of hydrogen-bond donors (Lipinski definition) is 3. The first-order valence-electron chi connectivity index (χ1n) is 10.8. The van der Waals surface area contributed by atoms with E-state index in [9.17, 15) is 9.59 Å². The molecule has 1 saturated heterocycles. The molecule has 1 fully saturated rings. The van der Waals surface area contributed by atoms with Crippen LogP contribution in [0.1, 0.15) is 45.5 Å². The van der Waals surface area contributed by atoms with Gasteiger partial charge in [0.1, 0.15) is 0 Å². The molecule has 0 unspecified atom stereocenters. The Bertz CT molecular complexity index is 871. The van der Waals surface area contributed by atoms with Crippen molar-refractivity contribution in [3.63, 3.8) is 0 Å². The molecule has 2 aromatic rings. The number of quaternary nitrogens is 1. The summed E-state index contributed by atoms with van der Waals surface area (Å²) < 4.78 is 0. The molecule has 2 aromatic carbocycles.